The standard InChI is InChI=1S/C23H30ClN3O6S/c1-6-20(23(29)25-2)26(14-16-8-7-9-18(12-16)32-3)22(28)15-27(34(5,30)31)17-10-11-21(33-4)19(24)13-17/h7-13,20H,6,14-15H2,1-5H3,(H,25,29)/t20-/m1/s1. The molecule has 9 nitrogen and oxygen atoms in total. The summed E-state index contributed by atoms with van der Waals surface area (Å²) in [5, 5.41) is 2.77. The fourth-order valence-electron chi connectivity index (χ4n) is 3.48. The molecule has 0 bridgehead atoms. The van der Waals surface area contributed by atoms with E-state index in [9.17, 15) is 18.0 Å². The summed E-state index contributed by atoms with van der Waals surface area (Å²) in [5.41, 5.74) is 0.935. The number of carbonyl (C=O) groups excluding carboxylic acids is 2. The topological polar surface area (TPSA) is 105 Å². The van der Waals surface area contributed by atoms with Crippen LogP contribution in [0.4, 0.5) is 5.69 Å². The Morgan fingerprint density at radius 2 is 1.82 bits per heavy atom. The SMILES string of the molecule is CC[C@H](C(=O)NC)N(Cc1cccc(OC)c1)C(=O)CN(c1ccc(OC)c(Cl)c1)S(C)(=O)=O. The largest absolute Gasteiger partial charge is 0.497 e. The highest BCUT2D eigenvalue weighted by Gasteiger charge is 2.31. The highest BCUT2D eigenvalue weighted by Crippen LogP contribution is 2.30. The predicted octanol–water partition coefficient (Wildman–Crippen LogP) is 2.68. The summed E-state index contributed by atoms with van der Waals surface area (Å²) in [7, 11) is 0.605. The minimum Gasteiger partial charge on any atom is -0.497 e. The number of nitrogens with zero attached hydrogens (tertiary/aromatic N) is 2. The summed E-state index contributed by atoms with van der Waals surface area (Å²) >= 11 is 6.19. The van der Waals surface area contributed by atoms with Gasteiger partial charge < -0.3 is 19.7 Å². The Morgan fingerprint density at radius 1 is 1.12 bits per heavy atom. The number of amides is 2. The van der Waals surface area contributed by atoms with Crippen LogP contribution in [0.5, 0.6) is 11.5 Å². The molecule has 0 radical (unpaired) electrons. The van der Waals surface area contributed by atoms with E-state index in [0.29, 0.717) is 17.9 Å². The third-order valence-electron chi connectivity index (χ3n) is 5.22. The van der Waals surface area contributed by atoms with Crippen molar-refractivity contribution in [2.75, 3.05) is 38.4 Å². The minimum atomic E-state index is -3.86. The van der Waals surface area contributed by atoms with E-state index < -0.39 is 28.5 Å². The molecule has 0 aromatic heterocycles. The number of carbonyl (C=O) groups is 2. The zero-order valence-electron chi connectivity index (χ0n) is 19.9. The lowest BCUT2D eigenvalue weighted by molar-refractivity contribution is -0.140. The van der Waals surface area contributed by atoms with Gasteiger partial charge in [-0.2, -0.15) is 0 Å². The van der Waals surface area contributed by atoms with Crippen molar-refractivity contribution in [3.8, 4) is 11.5 Å². The maximum atomic E-state index is 13.5. The molecule has 0 aliphatic rings. The Morgan fingerprint density at radius 3 is 2.35 bits per heavy atom. The summed E-state index contributed by atoms with van der Waals surface area (Å²) < 4.78 is 36.6. The quantitative estimate of drug-likeness (QED) is 0.497. The summed E-state index contributed by atoms with van der Waals surface area (Å²) in [6.45, 7) is 1.35. The molecule has 2 aromatic rings. The summed E-state index contributed by atoms with van der Waals surface area (Å²) in [6.07, 6.45) is 1.34. The monoisotopic (exact) mass is 511 g/mol. The van der Waals surface area contributed by atoms with Crippen LogP contribution in [-0.2, 0) is 26.2 Å². The number of ether oxygens (including phenoxy) is 2. The van der Waals surface area contributed by atoms with Crippen molar-refractivity contribution in [2.45, 2.75) is 25.9 Å². The molecule has 2 rings (SSSR count). The highest BCUT2D eigenvalue weighted by atomic mass is 35.5. The van der Waals surface area contributed by atoms with Crippen molar-refractivity contribution in [3.05, 3.63) is 53.1 Å². The number of likely N-dealkylation sites (N-methyl/N-ethyl adjacent to an activating group) is 1. The Kier molecular flexibility index (Phi) is 9.57. The molecule has 0 spiro atoms. The summed E-state index contributed by atoms with van der Waals surface area (Å²) in [5.74, 6) is 0.0758. The van der Waals surface area contributed by atoms with Crippen LogP contribution in [0.2, 0.25) is 5.02 Å². The number of hydrogen-bond acceptors (Lipinski definition) is 6. The van der Waals surface area contributed by atoms with E-state index in [2.05, 4.69) is 5.32 Å². The smallest absolute Gasteiger partial charge is 0.244 e. The molecule has 0 unspecified atom stereocenters. The molecule has 0 aliphatic carbocycles. The van der Waals surface area contributed by atoms with Gasteiger partial charge in [0.05, 0.1) is 31.2 Å². The van der Waals surface area contributed by atoms with Crippen LogP contribution in [-0.4, -0.2) is 65.2 Å². The molecule has 11 heteroatoms. The van der Waals surface area contributed by atoms with Crippen LogP contribution in [0, 0.1) is 0 Å². The first kappa shape index (κ1) is 27.3. The number of nitrogens with one attached hydrogen (secondary N) is 1. The second-order valence-corrected chi connectivity index (χ2v) is 9.81. The van der Waals surface area contributed by atoms with E-state index in [1.165, 1.54) is 44.4 Å². The number of anilines is 1. The number of halogens is 1. The first-order chi connectivity index (χ1) is 16.0. The fraction of sp³-hybridized carbons (Fsp3) is 0.391. The third-order valence-corrected chi connectivity index (χ3v) is 6.66. The minimum absolute atomic E-state index is 0.0862. The fourth-order valence-corrected chi connectivity index (χ4v) is 4.57. The lowest BCUT2D eigenvalue weighted by atomic mass is 10.1. The van der Waals surface area contributed by atoms with E-state index >= 15 is 0 Å². The van der Waals surface area contributed by atoms with Crippen LogP contribution >= 0.6 is 11.6 Å². The molecule has 1 N–H and O–H groups in total. The molecule has 0 saturated heterocycles. The first-order valence-electron chi connectivity index (χ1n) is 10.5. The van der Waals surface area contributed by atoms with Gasteiger partial charge in [0.15, 0.2) is 0 Å². The van der Waals surface area contributed by atoms with Crippen LogP contribution in [0.25, 0.3) is 0 Å². The Bertz CT molecular complexity index is 1130. The van der Waals surface area contributed by atoms with E-state index in [1.54, 1.807) is 31.2 Å². The van der Waals surface area contributed by atoms with Gasteiger partial charge >= 0.3 is 0 Å². The van der Waals surface area contributed by atoms with Crippen LogP contribution in [0.15, 0.2) is 42.5 Å². The predicted molar refractivity (Wildman–Crippen MR) is 132 cm³/mol. The van der Waals surface area contributed by atoms with E-state index in [0.717, 1.165) is 16.1 Å². The molecule has 1 atom stereocenters. The van der Waals surface area contributed by atoms with Crippen LogP contribution < -0.4 is 19.1 Å². The van der Waals surface area contributed by atoms with Gasteiger partial charge in [0.2, 0.25) is 21.8 Å². The Hall–Kier alpha value is -2.98. The number of methoxy groups -OCH3 is 2. The lowest BCUT2D eigenvalue weighted by Gasteiger charge is -2.32. The Labute approximate surface area is 205 Å². The number of benzene rings is 2. The third kappa shape index (κ3) is 6.77. The second kappa shape index (κ2) is 11.9. The highest BCUT2D eigenvalue weighted by molar-refractivity contribution is 7.92. The lowest BCUT2D eigenvalue weighted by Crippen LogP contribution is -2.51. The Balaban J connectivity index is 2.46. The molecule has 0 aliphatic heterocycles. The molecule has 0 saturated carbocycles. The van der Waals surface area contributed by atoms with Gasteiger partial charge in [-0.15, -0.1) is 0 Å². The average Bonchev–Trinajstić information content (AvgIpc) is 2.81. The second-order valence-electron chi connectivity index (χ2n) is 7.50. The van der Waals surface area contributed by atoms with Crippen molar-refractivity contribution in [3.63, 3.8) is 0 Å². The van der Waals surface area contributed by atoms with Gasteiger partial charge in [-0.3, -0.25) is 13.9 Å². The normalized spacial score (nSPS) is 11.9. The molecule has 2 amide bonds. The van der Waals surface area contributed by atoms with E-state index in [4.69, 9.17) is 21.1 Å². The number of sulfonamides is 1. The number of hydrogen-bond donors (Lipinski definition) is 1. The van der Waals surface area contributed by atoms with Crippen molar-refractivity contribution in [1.82, 2.24) is 10.2 Å². The molecular weight excluding hydrogens is 482 g/mol. The van der Waals surface area contributed by atoms with Crippen molar-refractivity contribution in [1.29, 1.82) is 0 Å². The van der Waals surface area contributed by atoms with Gasteiger partial charge in [-0.1, -0.05) is 30.7 Å². The maximum absolute atomic E-state index is 13.5. The van der Waals surface area contributed by atoms with Gasteiger partial charge in [-0.25, -0.2) is 8.42 Å². The molecule has 34 heavy (non-hydrogen) atoms. The van der Waals surface area contributed by atoms with Crippen molar-refractivity contribution in [2.24, 2.45) is 0 Å². The van der Waals surface area contributed by atoms with Gasteiger partial charge in [0.1, 0.15) is 24.1 Å². The first-order valence-corrected chi connectivity index (χ1v) is 12.7. The van der Waals surface area contributed by atoms with E-state index in [1.807, 2.05) is 0 Å². The van der Waals surface area contributed by atoms with Crippen LogP contribution in [0.3, 0.4) is 0 Å². The van der Waals surface area contributed by atoms with E-state index in [-0.39, 0.29) is 23.2 Å². The van der Waals surface area contributed by atoms with Gasteiger partial charge in [0, 0.05) is 13.6 Å². The zero-order chi connectivity index (χ0) is 25.5. The van der Waals surface area contributed by atoms with Gasteiger partial charge in [0.25, 0.3) is 0 Å². The average molecular weight is 512 g/mol. The number of rotatable bonds is 11. The molecule has 0 heterocycles. The summed E-state index contributed by atoms with van der Waals surface area (Å²) in [6, 6.07) is 10.7. The molecule has 2 aromatic carbocycles. The zero-order valence-corrected chi connectivity index (χ0v) is 21.4. The molecular formula is C23H30ClN3O6S. The van der Waals surface area contributed by atoms with Gasteiger partial charge in [-0.05, 0) is 42.3 Å². The molecule has 186 valence electrons. The van der Waals surface area contributed by atoms with Crippen molar-refractivity contribution < 1.29 is 27.5 Å². The molecule has 0 fully saturated rings. The van der Waals surface area contributed by atoms with Crippen LogP contribution in [0.1, 0.15) is 18.9 Å². The maximum Gasteiger partial charge on any atom is 0.244 e. The summed E-state index contributed by atoms with van der Waals surface area (Å²) in [4.78, 5) is 27.5. The van der Waals surface area contributed by atoms with Crippen molar-refractivity contribution >= 4 is 39.1 Å².